The molecule has 2 N–H and O–H groups in total. The zero-order valence-electron chi connectivity index (χ0n) is 15.9. The first kappa shape index (κ1) is 20.5. The van der Waals surface area contributed by atoms with Crippen LogP contribution in [0.4, 0.5) is 0 Å². The van der Waals surface area contributed by atoms with Gasteiger partial charge in [-0.15, -0.1) is 12.3 Å². The molecule has 3 amide bonds. The lowest BCUT2D eigenvalue weighted by Gasteiger charge is -2.29. The highest BCUT2D eigenvalue weighted by molar-refractivity contribution is 5.94. The van der Waals surface area contributed by atoms with E-state index in [4.69, 9.17) is 6.42 Å². The van der Waals surface area contributed by atoms with Gasteiger partial charge < -0.3 is 15.5 Å². The SMILES string of the molecule is C#CCC(NC(=O)C(C)C)C(=O)N1CCCC1CNC(=O)c1ccccc1. The fourth-order valence-electron chi connectivity index (χ4n) is 3.10. The molecule has 6 nitrogen and oxygen atoms in total. The Labute approximate surface area is 160 Å². The zero-order valence-corrected chi connectivity index (χ0v) is 15.9. The minimum absolute atomic E-state index is 0.0959. The molecular formula is C21H27N3O3. The molecule has 0 bridgehead atoms. The van der Waals surface area contributed by atoms with E-state index in [0.29, 0.717) is 18.7 Å². The smallest absolute Gasteiger partial charge is 0.251 e. The van der Waals surface area contributed by atoms with E-state index in [2.05, 4.69) is 16.6 Å². The summed E-state index contributed by atoms with van der Waals surface area (Å²) in [6.07, 6.45) is 7.20. The van der Waals surface area contributed by atoms with Crippen molar-refractivity contribution in [3.05, 3.63) is 35.9 Å². The molecule has 1 aromatic rings. The summed E-state index contributed by atoms with van der Waals surface area (Å²) in [7, 11) is 0. The van der Waals surface area contributed by atoms with Crippen LogP contribution in [0.2, 0.25) is 0 Å². The van der Waals surface area contributed by atoms with Crippen molar-refractivity contribution in [3.63, 3.8) is 0 Å². The minimum atomic E-state index is -0.727. The summed E-state index contributed by atoms with van der Waals surface area (Å²) in [6.45, 7) is 4.51. The van der Waals surface area contributed by atoms with Crippen LogP contribution in [0.25, 0.3) is 0 Å². The summed E-state index contributed by atoms with van der Waals surface area (Å²) in [5.74, 6) is 1.70. The Bertz CT molecular complexity index is 709. The molecule has 1 aliphatic rings. The fraction of sp³-hybridized carbons (Fsp3) is 0.476. The van der Waals surface area contributed by atoms with Crippen molar-refractivity contribution in [1.82, 2.24) is 15.5 Å². The van der Waals surface area contributed by atoms with Gasteiger partial charge in [-0.25, -0.2) is 0 Å². The molecule has 0 aromatic heterocycles. The lowest BCUT2D eigenvalue weighted by molar-refractivity contribution is -0.137. The molecule has 1 heterocycles. The molecule has 0 saturated carbocycles. The predicted molar refractivity (Wildman–Crippen MR) is 104 cm³/mol. The normalized spacial score (nSPS) is 17.3. The Hall–Kier alpha value is -2.81. The minimum Gasteiger partial charge on any atom is -0.350 e. The molecule has 6 heteroatoms. The van der Waals surface area contributed by atoms with Crippen LogP contribution >= 0.6 is 0 Å². The lowest BCUT2D eigenvalue weighted by Crippen LogP contribution is -2.52. The van der Waals surface area contributed by atoms with E-state index in [1.165, 1.54) is 0 Å². The average molecular weight is 369 g/mol. The van der Waals surface area contributed by atoms with Gasteiger partial charge in [0, 0.05) is 37.0 Å². The van der Waals surface area contributed by atoms with Gasteiger partial charge in [-0.05, 0) is 25.0 Å². The Morgan fingerprint density at radius 1 is 1.26 bits per heavy atom. The number of hydrogen-bond acceptors (Lipinski definition) is 3. The van der Waals surface area contributed by atoms with Crippen molar-refractivity contribution >= 4 is 17.7 Å². The molecule has 1 saturated heterocycles. The first-order valence-electron chi connectivity index (χ1n) is 9.31. The number of likely N-dealkylation sites (tertiary alicyclic amines) is 1. The number of nitrogens with zero attached hydrogens (tertiary/aromatic N) is 1. The molecule has 0 radical (unpaired) electrons. The van der Waals surface area contributed by atoms with Gasteiger partial charge in [0.1, 0.15) is 6.04 Å². The number of amides is 3. The molecule has 1 fully saturated rings. The molecule has 0 aliphatic carbocycles. The summed E-state index contributed by atoms with van der Waals surface area (Å²) in [4.78, 5) is 38.9. The molecular weight excluding hydrogens is 342 g/mol. The summed E-state index contributed by atoms with van der Waals surface area (Å²) >= 11 is 0. The predicted octanol–water partition coefficient (Wildman–Crippen LogP) is 1.57. The second-order valence-electron chi connectivity index (χ2n) is 7.03. The molecule has 1 aliphatic heterocycles. The quantitative estimate of drug-likeness (QED) is 0.716. The van der Waals surface area contributed by atoms with E-state index in [1.807, 2.05) is 18.2 Å². The highest BCUT2D eigenvalue weighted by Gasteiger charge is 2.33. The van der Waals surface area contributed by atoms with E-state index in [-0.39, 0.29) is 36.1 Å². The third kappa shape index (κ3) is 5.58. The standard InChI is InChI=1S/C21H27N3O3/c1-4-9-18(23-19(25)15(2)3)21(27)24-13-8-12-17(24)14-22-20(26)16-10-6-5-7-11-16/h1,5-7,10-11,15,17-18H,8-9,12-14H2,2-3H3,(H,22,26)(H,23,25). The number of nitrogens with one attached hydrogen (secondary N) is 2. The van der Waals surface area contributed by atoms with Crippen LogP contribution in [0.15, 0.2) is 30.3 Å². The largest absolute Gasteiger partial charge is 0.350 e. The van der Waals surface area contributed by atoms with Crippen LogP contribution in [-0.4, -0.2) is 47.8 Å². The molecule has 0 spiro atoms. The Morgan fingerprint density at radius 3 is 2.59 bits per heavy atom. The van der Waals surface area contributed by atoms with Gasteiger partial charge in [0.15, 0.2) is 0 Å². The van der Waals surface area contributed by atoms with Gasteiger partial charge in [0.25, 0.3) is 5.91 Å². The van der Waals surface area contributed by atoms with Crippen molar-refractivity contribution in [2.24, 2.45) is 5.92 Å². The van der Waals surface area contributed by atoms with Crippen LogP contribution in [0.5, 0.6) is 0 Å². The fourth-order valence-corrected chi connectivity index (χ4v) is 3.10. The summed E-state index contributed by atoms with van der Waals surface area (Å²) in [6, 6.07) is 8.14. The first-order valence-corrected chi connectivity index (χ1v) is 9.31. The molecule has 2 unspecified atom stereocenters. The van der Waals surface area contributed by atoms with Gasteiger partial charge in [0.05, 0.1) is 0 Å². The average Bonchev–Trinajstić information content (AvgIpc) is 3.14. The second kappa shape index (κ2) is 9.77. The van der Waals surface area contributed by atoms with E-state index in [0.717, 1.165) is 12.8 Å². The van der Waals surface area contributed by atoms with Crippen LogP contribution in [-0.2, 0) is 9.59 Å². The summed E-state index contributed by atoms with van der Waals surface area (Å²) in [5.41, 5.74) is 0.586. The van der Waals surface area contributed by atoms with Crippen LogP contribution in [0.3, 0.4) is 0 Å². The Morgan fingerprint density at radius 2 is 1.96 bits per heavy atom. The maximum atomic E-state index is 12.9. The van der Waals surface area contributed by atoms with Crippen molar-refractivity contribution in [2.75, 3.05) is 13.1 Å². The third-order valence-electron chi connectivity index (χ3n) is 4.66. The number of hydrogen-bond donors (Lipinski definition) is 2. The molecule has 144 valence electrons. The summed E-state index contributed by atoms with van der Waals surface area (Å²) < 4.78 is 0. The number of benzene rings is 1. The Balaban J connectivity index is 1.98. The zero-order chi connectivity index (χ0) is 19.8. The Kier molecular flexibility index (Phi) is 7.42. The van der Waals surface area contributed by atoms with Crippen molar-refractivity contribution in [2.45, 2.75) is 45.2 Å². The lowest BCUT2D eigenvalue weighted by atomic mass is 10.1. The highest BCUT2D eigenvalue weighted by Crippen LogP contribution is 2.19. The highest BCUT2D eigenvalue weighted by atomic mass is 16.2. The molecule has 27 heavy (non-hydrogen) atoms. The van der Waals surface area contributed by atoms with Crippen molar-refractivity contribution in [1.29, 1.82) is 0 Å². The first-order chi connectivity index (χ1) is 12.9. The van der Waals surface area contributed by atoms with Crippen molar-refractivity contribution < 1.29 is 14.4 Å². The van der Waals surface area contributed by atoms with Gasteiger partial charge in [-0.2, -0.15) is 0 Å². The summed E-state index contributed by atoms with van der Waals surface area (Å²) in [5, 5.41) is 5.64. The maximum Gasteiger partial charge on any atom is 0.251 e. The van der Waals surface area contributed by atoms with E-state index >= 15 is 0 Å². The molecule has 1 aromatic carbocycles. The topological polar surface area (TPSA) is 78.5 Å². The van der Waals surface area contributed by atoms with Gasteiger partial charge >= 0.3 is 0 Å². The number of rotatable bonds is 7. The van der Waals surface area contributed by atoms with Crippen LogP contribution < -0.4 is 10.6 Å². The van der Waals surface area contributed by atoms with Gasteiger partial charge in [0.2, 0.25) is 11.8 Å². The van der Waals surface area contributed by atoms with E-state index in [1.54, 1.807) is 30.9 Å². The second-order valence-corrected chi connectivity index (χ2v) is 7.03. The number of carbonyl (C=O) groups excluding carboxylic acids is 3. The van der Waals surface area contributed by atoms with Gasteiger partial charge in [-0.3, -0.25) is 14.4 Å². The molecule has 2 rings (SSSR count). The van der Waals surface area contributed by atoms with E-state index < -0.39 is 6.04 Å². The molecule has 2 atom stereocenters. The maximum absolute atomic E-state index is 12.9. The monoisotopic (exact) mass is 369 g/mol. The van der Waals surface area contributed by atoms with E-state index in [9.17, 15) is 14.4 Å². The van der Waals surface area contributed by atoms with Crippen LogP contribution in [0, 0.1) is 18.3 Å². The third-order valence-corrected chi connectivity index (χ3v) is 4.66. The number of carbonyl (C=O) groups is 3. The number of terminal acetylenes is 1. The van der Waals surface area contributed by atoms with Crippen molar-refractivity contribution in [3.8, 4) is 12.3 Å². The van der Waals surface area contributed by atoms with Gasteiger partial charge in [-0.1, -0.05) is 32.0 Å². The van der Waals surface area contributed by atoms with Crippen LogP contribution in [0.1, 0.15) is 43.5 Å².